The second-order valence-corrected chi connectivity index (χ2v) is 3.24. The molecule has 0 fully saturated rings. The van der Waals surface area contributed by atoms with Crippen LogP contribution in [-0.4, -0.2) is 11.7 Å². The summed E-state index contributed by atoms with van der Waals surface area (Å²) in [6, 6.07) is 5.11. The first kappa shape index (κ1) is 10.4. The molecule has 0 aliphatic carbocycles. The Balaban J connectivity index is 2.89. The Kier molecular flexibility index (Phi) is 4.11. The average molecular weight is 215 g/mol. The smallest absolute Gasteiger partial charge is 0.0563 e. The van der Waals surface area contributed by atoms with E-state index in [0.717, 1.165) is 0 Å². The van der Waals surface area contributed by atoms with Gasteiger partial charge in [-0.15, -0.1) is 0 Å². The van der Waals surface area contributed by atoms with E-state index in [-0.39, 0.29) is 6.61 Å². The molecule has 0 saturated heterocycles. The van der Waals surface area contributed by atoms with E-state index in [1.165, 1.54) is 0 Å². The first-order valence-corrected chi connectivity index (χ1v) is 4.54. The van der Waals surface area contributed by atoms with Crippen LogP contribution in [0.15, 0.2) is 18.2 Å². The Bertz CT molecular complexity index is 350. The highest BCUT2D eigenvalue weighted by Crippen LogP contribution is 2.19. The molecule has 3 heteroatoms. The highest BCUT2D eigenvalue weighted by atomic mass is 35.5. The third-order valence-corrected chi connectivity index (χ3v) is 1.95. The van der Waals surface area contributed by atoms with Gasteiger partial charge in [0.25, 0.3) is 0 Å². The summed E-state index contributed by atoms with van der Waals surface area (Å²) in [5.41, 5.74) is 0.697. The molecule has 0 saturated carbocycles. The van der Waals surface area contributed by atoms with E-state index in [1.54, 1.807) is 18.2 Å². The van der Waals surface area contributed by atoms with Gasteiger partial charge in [0.1, 0.15) is 0 Å². The summed E-state index contributed by atoms with van der Waals surface area (Å²) >= 11 is 11.6. The normalized spacial score (nSPS) is 9.15. The number of benzene rings is 1. The Morgan fingerprint density at radius 1 is 1.31 bits per heavy atom. The van der Waals surface area contributed by atoms with Crippen LogP contribution >= 0.6 is 23.2 Å². The monoisotopic (exact) mass is 214 g/mol. The standard InChI is InChI=1S/C10H8Cl2O/c11-9-4-5-10(12)8(7-9)3-1-2-6-13/h4-5,7,13H,2,6H2. The lowest BCUT2D eigenvalue weighted by Crippen LogP contribution is -1.79. The van der Waals surface area contributed by atoms with Gasteiger partial charge in [0, 0.05) is 17.0 Å². The van der Waals surface area contributed by atoms with Crippen molar-refractivity contribution in [3.63, 3.8) is 0 Å². The van der Waals surface area contributed by atoms with Gasteiger partial charge < -0.3 is 5.11 Å². The molecular weight excluding hydrogens is 207 g/mol. The Morgan fingerprint density at radius 2 is 2.08 bits per heavy atom. The van der Waals surface area contributed by atoms with Gasteiger partial charge in [-0.25, -0.2) is 0 Å². The molecule has 1 rings (SSSR count). The van der Waals surface area contributed by atoms with Crippen LogP contribution in [0.2, 0.25) is 10.0 Å². The van der Waals surface area contributed by atoms with Crippen molar-refractivity contribution in [2.45, 2.75) is 6.42 Å². The van der Waals surface area contributed by atoms with E-state index in [4.69, 9.17) is 28.3 Å². The molecule has 68 valence electrons. The van der Waals surface area contributed by atoms with Crippen LogP contribution in [0.25, 0.3) is 0 Å². The first-order valence-electron chi connectivity index (χ1n) is 3.79. The number of hydrogen-bond acceptors (Lipinski definition) is 1. The molecule has 0 aromatic heterocycles. The minimum Gasteiger partial charge on any atom is -0.395 e. The largest absolute Gasteiger partial charge is 0.395 e. The van der Waals surface area contributed by atoms with E-state index in [1.807, 2.05) is 0 Å². The van der Waals surface area contributed by atoms with Crippen molar-refractivity contribution in [1.29, 1.82) is 0 Å². The van der Waals surface area contributed by atoms with Crippen molar-refractivity contribution in [2.24, 2.45) is 0 Å². The zero-order valence-corrected chi connectivity index (χ0v) is 8.36. The SMILES string of the molecule is OCCC#Cc1cc(Cl)ccc1Cl. The Labute approximate surface area is 87.3 Å². The molecule has 0 spiro atoms. The molecule has 0 radical (unpaired) electrons. The van der Waals surface area contributed by atoms with Crippen LogP contribution in [0.5, 0.6) is 0 Å². The number of aliphatic hydroxyl groups is 1. The summed E-state index contributed by atoms with van der Waals surface area (Å²) in [6.07, 6.45) is 0.447. The fraction of sp³-hybridized carbons (Fsp3) is 0.200. The fourth-order valence-electron chi connectivity index (χ4n) is 0.807. The number of rotatable bonds is 1. The zero-order chi connectivity index (χ0) is 9.68. The maximum absolute atomic E-state index is 8.51. The highest BCUT2D eigenvalue weighted by Gasteiger charge is 1.96. The quantitative estimate of drug-likeness (QED) is 0.714. The van der Waals surface area contributed by atoms with Gasteiger partial charge in [0.2, 0.25) is 0 Å². The zero-order valence-electron chi connectivity index (χ0n) is 6.85. The molecule has 0 unspecified atom stereocenters. The van der Waals surface area contributed by atoms with Crippen molar-refractivity contribution in [1.82, 2.24) is 0 Å². The summed E-state index contributed by atoms with van der Waals surface area (Å²) in [6.45, 7) is 0.0607. The van der Waals surface area contributed by atoms with Gasteiger partial charge in [0.05, 0.1) is 11.6 Å². The number of hydrogen-bond donors (Lipinski definition) is 1. The molecule has 0 heterocycles. The third kappa shape index (κ3) is 3.28. The molecule has 1 aromatic carbocycles. The van der Waals surface area contributed by atoms with Crippen LogP contribution < -0.4 is 0 Å². The minimum atomic E-state index is 0.0607. The molecule has 0 atom stereocenters. The first-order chi connectivity index (χ1) is 6.24. The summed E-state index contributed by atoms with van der Waals surface area (Å²) in [4.78, 5) is 0. The minimum absolute atomic E-state index is 0.0607. The summed E-state index contributed by atoms with van der Waals surface area (Å²) in [7, 11) is 0. The van der Waals surface area contributed by atoms with Gasteiger partial charge in [-0.3, -0.25) is 0 Å². The second-order valence-electron chi connectivity index (χ2n) is 2.40. The van der Waals surface area contributed by atoms with Gasteiger partial charge in [-0.1, -0.05) is 35.0 Å². The van der Waals surface area contributed by atoms with Crippen molar-refractivity contribution < 1.29 is 5.11 Å². The van der Waals surface area contributed by atoms with Crippen molar-refractivity contribution >= 4 is 23.2 Å². The van der Waals surface area contributed by atoms with Crippen LogP contribution in [0.4, 0.5) is 0 Å². The Morgan fingerprint density at radius 3 is 2.77 bits per heavy atom. The highest BCUT2D eigenvalue weighted by molar-refractivity contribution is 6.33. The maximum atomic E-state index is 8.51. The van der Waals surface area contributed by atoms with Crippen molar-refractivity contribution in [3.8, 4) is 11.8 Å². The van der Waals surface area contributed by atoms with E-state index in [0.29, 0.717) is 22.0 Å². The molecule has 1 nitrogen and oxygen atoms in total. The molecular formula is C10H8Cl2O. The predicted octanol–water partition coefficient (Wildman–Crippen LogP) is 2.73. The van der Waals surface area contributed by atoms with E-state index >= 15 is 0 Å². The topological polar surface area (TPSA) is 20.2 Å². The molecule has 13 heavy (non-hydrogen) atoms. The number of aliphatic hydroxyl groups excluding tert-OH is 1. The van der Waals surface area contributed by atoms with E-state index in [9.17, 15) is 0 Å². The molecule has 0 bridgehead atoms. The summed E-state index contributed by atoms with van der Waals surface area (Å²) in [5, 5.41) is 9.69. The summed E-state index contributed by atoms with van der Waals surface area (Å²) in [5.74, 6) is 5.60. The van der Waals surface area contributed by atoms with Gasteiger partial charge in [-0.05, 0) is 18.2 Å². The van der Waals surface area contributed by atoms with Crippen LogP contribution in [-0.2, 0) is 0 Å². The van der Waals surface area contributed by atoms with Gasteiger partial charge >= 0.3 is 0 Å². The molecule has 0 aliphatic heterocycles. The predicted molar refractivity (Wildman–Crippen MR) is 55.0 cm³/mol. The second kappa shape index (κ2) is 5.14. The maximum Gasteiger partial charge on any atom is 0.0563 e. The van der Waals surface area contributed by atoms with E-state index < -0.39 is 0 Å². The molecule has 0 aliphatic rings. The van der Waals surface area contributed by atoms with Gasteiger partial charge in [-0.2, -0.15) is 0 Å². The van der Waals surface area contributed by atoms with Crippen LogP contribution in [0.1, 0.15) is 12.0 Å². The molecule has 1 N–H and O–H groups in total. The lowest BCUT2D eigenvalue weighted by atomic mass is 10.2. The van der Waals surface area contributed by atoms with Gasteiger partial charge in [0.15, 0.2) is 0 Å². The van der Waals surface area contributed by atoms with Crippen LogP contribution in [0, 0.1) is 11.8 Å². The Hall–Kier alpha value is -0.680. The van der Waals surface area contributed by atoms with Crippen LogP contribution in [0.3, 0.4) is 0 Å². The average Bonchev–Trinajstić information content (AvgIpc) is 2.11. The number of halogens is 2. The lowest BCUT2D eigenvalue weighted by Gasteiger charge is -1.95. The van der Waals surface area contributed by atoms with Crippen molar-refractivity contribution in [2.75, 3.05) is 6.61 Å². The molecule has 1 aromatic rings. The summed E-state index contributed by atoms with van der Waals surface area (Å²) < 4.78 is 0. The fourth-order valence-corrected chi connectivity index (χ4v) is 1.14. The van der Waals surface area contributed by atoms with Crippen molar-refractivity contribution in [3.05, 3.63) is 33.8 Å². The molecule has 0 amide bonds. The lowest BCUT2D eigenvalue weighted by molar-refractivity contribution is 0.305. The third-order valence-electron chi connectivity index (χ3n) is 1.39. The van der Waals surface area contributed by atoms with E-state index in [2.05, 4.69) is 11.8 Å².